The first-order chi connectivity index (χ1) is 9.59. The molecule has 0 amide bonds. The zero-order valence-electron chi connectivity index (χ0n) is 12.0. The first kappa shape index (κ1) is 15.7. The van der Waals surface area contributed by atoms with E-state index >= 15 is 0 Å². The van der Waals surface area contributed by atoms with Crippen LogP contribution in [0.4, 0.5) is 4.39 Å². The van der Waals surface area contributed by atoms with Crippen molar-refractivity contribution >= 4 is 11.6 Å². The fourth-order valence-corrected chi connectivity index (χ4v) is 3.39. The Morgan fingerprint density at radius 1 is 1.30 bits per heavy atom. The Hall–Kier alpha value is -0.640. The van der Waals surface area contributed by atoms with Gasteiger partial charge in [0.25, 0.3) is 0 Å². The predicted molar refractivity (Wildman–Crippen MR) is 80.5 cm³/mol. The number of benzene rings is 1. The van der Waals surface area contributed by atoms with E-state index in [0.717, 1.165) is 31.2 Å². The second-order valence-corrected chi connectivity index (χ2v) is 6.08. The van der Waals surface area contributed by atoms with Gasteiger partial charge in [0.1, 0.15) is 5.82 Å². The Labute approximate surface area is 125 Å². The molecular formula is C16H23ClFNO. The number of hydrogen-bond acceptors (Lipinski definition) is 2. The van der Waals surface area contributed by atoms with Crippen molar-refractivity contribution in [2.75, 3.05) is 7.11 Å². The van der Waals surface area contributed by atoms with Crippen LogP contribution in [0.5, 0.6) is 0 Å². The maximum atomic E-state index is 13.5. The number of hydrogen-bond donors (Lipinski definition) is 1. The van der Waals surface area contributed by atoms with Crippen LogP contribution in [0, 0.1) is 5.82 Å². The molecule has 0 aromatic heterocycles. The summed E-state index contributed by atoms with van der Waals surface area (Å²) in [5.74, 6) is -0.385. The number of methoxy groups -OCH3 is 1. The average molecular weight is 300 g/mol. The Morgan fingerprint density at radius 3 is 2.55 bits per heavy atom. The summed E-state index contributed by atoms with van der Waals surface area (Å²) >= 11 is 6.03. The van der Waals surface area contributed by atoms with Gasteiger partial charge < -0.3 is 10.5 Å². The summed E-state index contributed by atoms with van der Waals surface area (Å²) in [5, 5.41) is 0.183. The van der Waals surface area contributed by atoms with Crippen LogP contribution < -0.4 is 5.73 Å². The van der Waals surface area contributed by atoms with Crippen molar-refractivity contribution < 1.29 is 9.13 Å². The summed E-state index contributed by atoms with van der Waals surface area (Å²) in [5.41, 5.74) is 6.87. The quantitative estimate of drug-likeness (QED) is 0.850. The number of ether oxygens (including phenoxy) is 1. The summed E-state index contributed by atoms with van der Waals surface area (Å²) in [7, 11) is 1.73. The van der Waals surface area contributed by atoms with Gasteiger partial charge in [0.05, 0.1) is 10.6 Å². The van der Waals surface area contributed by atoms with Crippen molar-refractivity contribution in [1.82, 2.24) is 0 Å². The highest BCUT2D eigenvalue weighted by Crippen LogP contribution is 2.34. The van der Waals surface area contributed by atoms with Gasteiger partial charge in [0, 0.05) is 13.2 Å². The molecule has 1 unspecified atom stereocenters. The van der Waals surface area contributed by atoms with Crippen LogP contribution in [0.3, 0.4) is 0 Å². The fourth-order valence-electron chi connectivity index (χ4n) is 3.18. The molecule has 1 aromatic carbocycles. The van der Waals surface area contributed by atoms with Gasteiger partial charge in [0.2, 0.25) is 0 Å². The molecular weight excluding hydrogens is 277 g/mol. The molecule has 0 spiro atoms. The third-order valence-corrected chi connectivity index (χ3v) is 4.93. The minimum absolute atomic E-state index is 0.162. The Bertz CT molecular complexity index is 444. The largest absolute Gasteiger partial charge is 0.377 e. The standard InChI is InChI=1S/C16H23ClFNO/c1-20-16(9-4-2-3-5-10-16)14(19)11-12-7-6-8-13(18)15(12)17/h6-8,14H,2-5,9-11,19H2,1H3. The van der Waals surface area contributed by atoms with Crippen molar-refractivity contribution in [3.05, 3.63) is 34.6 Å². The summed E-state index contributed by atoms with van der Waals surface area (Å²) in [6, 6.07) is 4.72. The minimum Gasteiger partial charge on any atom is -0.377 e. The Kier molecular flexibility index (Phi) is 5.42. The zero-order chi connectivity index (χ0) is 14.6. The normalized spacial score (nSPS) is 20.4. The van der Waals surface area contributed by atoms with Gasteiger partial charge in [-0.15, -0.1) is 0 Å². The van der Waals surface area contributed by atoms with Crippen LogP contribution >= 0.6 is 11.6 Å². The lowest BCUT2D eigenvalue weighted by atomic mass is 9.83. The lowest BCUT2D eigenvalue weighted by Gasteiger charge is -2.37. The van der Waals surface area contributed by atoms with Gasteiger partial charge in [0.15, 0.2) is 0 Å². The topological polar surface area (TPSA) is 35.2 Å². The van der Waals surface area contributed by atoms with E-state index < -0.39 is 0 Å². The highest BCUT2D eigenvalue weighted by Gasteiger charge is 2.37. The molecule has 0 saturated heterocycles. The molecule has 112 valence electrons. The van der Waals surface area contributed by atoms with E-state index in [1.54, 1.807) is 13.2 Å². The Morgan fingerprint density at radius 2 is 1.95 bits per heavy atom. The van der Waals surface area contributed by atoms with E-state index in [0.29, 0.717) is 6.42 Å². The highest BCUT2D eigenvalue weighted by atomic mass is 35.5. The van der Waals surface area contributed by atoms with Gasteiger partial charge in [-0.05, 0) is 30.9 Å². The summed E-state index contributed by atoms with van der Waals surface area (Å²) in [6.07, 6.45) is 7.23. The fraction of sp³-hybridized carbons (Fsp3) is 0.625. The zero-order valence-corrected chi connectivity index (χ0v) is 12.8. The van der Waals surface area contributed by atoms with Gasteiger partial charge in [-0.3, -0.25) is 0 Å². The SMILES string of the molecule is COC1(C(N)Cc2cccc(F)c2Cl)CCCCCC1. The van der Waals surface area contributed by atoms with Crippen LogP contribution in [-0.2, 0) is 11.2 Å². The molecule has 0 aliphatic heterocycles. The van der Waals surface area contributed by atoms with Gasteiger partial charge >= 0.3 is 0 Å². The van der Waals surface area contributed by atoms with Gasteiger partial charge in [-0.1, -0.05) is 49.4 Å². The van der Waals surface area contributed by atoms with Crippen molar-refractivity contribution in [3.63, 3.8) is 0 Å². The van der Waals surface area contributed by atoms with E-state index in [1.165, 1.54) is 18.9 Å². The minimum atomic E-state index is -0.385. The molecule has 0 heterocycles. The van der Waals surface area contributed by atoms with Crippen LogP contribution in [-0.4, -0.2) is 18.8 Å². The molecule has 2 rings (SSSR count). The molecule has 1 aliphatic rings. The molecule has 2 nitrogen and oxygen atoms in total. The third-order valence-electron chi connectivity index (χ3n) is 4.50. The first-order valence-electron chi connectivity index (χ1n) is 7.33. The molecule has 20 heavy (non-hydrogen) atoms. The van der Waals surface area contributed by atoms with Gasteiger partial charge in [-0.25, -0.2) is 4.39 Å². The predicted octanol–water partition coefficient (Wildman–Crippen LogP) is 4.09. The monoisotopic (exact) mass is 299 g/mol. The number of nitrogens with two attached hydrogens (primary N) is 1. The van der Waals surface area contributed by atoms with Crippen LogP contribution in [0.1, 0.15) is 44.1 Å². The van der Waals surface area contributed by atoms with E-state index in [1.807, 2.05) is 6.07 Å². The molecule has 1 fully saturated rings. The van der Waals surface area contributed by atoms with Gasteiger partial charge in [-0.2, -0.15) is 0 Å². The maximum absolute atomic E-state index is 13.5. The van der Waals surface area contributed by atoms with Crippen molar-refractivity contribution in [2.24, 2.45) is 5.73 Å². The van der Waals surface area contributed by atoms with E-state index in [-0.39, 0.29) is 22.5 Å². The third kappa shape index (κ3) is 3.33. The number of rotatable bonds is 4. The molecule has 1 aliphatic carbocycles. The van der Waals surface area contributed by atoms with Crippen molar-refractivity contribution in [2.45, 2.75) is 56.6 Å². The first-order valence-corrected chi connectivity index (χ1v) is 7.70. The lowest BCUT2D eigenvalue weighted by Crippen LogP contribution is -2.50. The van der Waals surface area contributed by atoms with E-state index in [4.69, 9.17) is 22.1 Å². The summed E-state index contributed by atoms with van der Waals surface area (Å²) < 4.78 is 19.3. The Balaban J connectivity index is 2.16. The molecule has 1 saturated carbocycles. The smallest absolute Gasteiger partial charge is 0.142 e. The van der Waals surface area contributed by atoms with Crippen LogP contribution in [0.2, 0.25) is 5.02 Å². The van der Waals surface area contributed by atoms with Crippen LogP contribution in [0.15, 0.2) is 18.2 Å². The number of halogens is 2. The molecule has 1 aromatic rings. The summed E-state index contributed by atoms with van der Waals surface area (Å²) in [4.78, 5) is 0. The van der Waals surface area contributed by atoms with Crippen molar-refractivity contribution in [3.8, 4) is 0 Å². The molecule has 4 heteroatoms. The van der Waals surface area contributed by atoms with Crippen LogP contribution in [0.25, 0.3) is 0 Å². The molecule has 2 N–H and O–H groups in total. The van der Waals surface area contributed by atoms with E-state index in [2.05, 4.69) is 0 Å². The lowest BCUT2D eigenvalue weighted by molar-refractivity contribution is -0.0430. The second-order valence-electron chi connectivity index (χ2n) is 5.71. The summed E-state index contributed by atoms with van der Waals surface area (Å²) in [6.45, 7) is 0. The highest BCUT2D eigenvalue weighted by molar-refractivity contribution is 6.31. The second kappa shape index (κ2) is 6.88. The molecule has 0 bridgehead atoms. The molecule has 1 atom stereocenters. The van der Waals surface area contributed by atoms with Crippen molar-refractivity contribution in [1.29, 1.82) is 0 Å². The average Bonchev–Trinajstić information content (AvgIpc) is 2.70. The maximum Gasteiger partial charge on any atom is 0.142 e. The molecule has 0 radical (unpaired) electrons. The van der Waals surface area contributed by atoms with E-state index in [9.17, 15) is 4.39 Å².